The molecule has 3 N–H and O–H groups in total. The molecule has 0 amide bonds. The Morgan fingerprint density at radius 1 is 1.16 bits per heavy atom. The highest BCUT2D eigenvalue weighted by Gasteiger charge is 2.23. The van der Waals surface area contributed by atoms with Gasteiger partial charge in [-0.2, -0.15) is 0 Å². The van der Waals surface area contributed by atoms with E-state index in [1.54, 1.807) is 13.0 Å². The van der Waals surface area contributed by atoms with Gasteiger partial charge in [0.05, 0.1) is 17.8 Å². The Balaban J connectivity index is 1.83. The molecule has 0 unspecified atom stereocenters. The van der Waals surface area contributed by atoms with Crippen LogP contribution in [0.5, 0.6) is 5.75 Å². The van der Waals surface area contributed by atoms with Crippen LogP contribution in [0.4, 0.5) is 5.82 Å². The molecule has 1 aliphatic rings. The maximum Gasteiger partial charge on any atom is 0.149 e. The molecule has 3 rings (SSSR count). The molecule has 0 bridgehead atoms. The van der Waals surface area contributed by atoms with E-state index in [1.165, 1.54) is 0 Å². The van der Waals surface area contributed by atoms with Gasteiger partial charge in [0.15, 0.2) is 0 Å². The summed E-state index contributed by atoms with van der Waals surface area (Å²) in [7, 11) is 0. The molecule has 0 spiro atoms. The first kappa shape index (κ1) is 17.2. The van der Waals surface area contributed by atoms with Crippen LogP contribution in [0.1, 0.15) is 43.7 Å². The third-order valence-corrected chi connectivity index (χ3v) is 4.57. The Hall–Kier alpha value is -2.58. The number of hydrogen-bond donors (Lipinski definition) is 3. The zero-order valence-corrected chi connectivity index (χ0v) is 14.6. The molecule has 1 saturated carbocycles. The Bertz CT molecular complexity index is 823. The number of nitrogens with one attached hydrogen (secondary N) is 1. The Morgan fingerprint density at radius 3 is 2.64 bits per heavy atom. The van der Waals surface area contributed by atoms with Crippen molar-refractivity contribution in [3.8, 4) is 28.8 Å². The zero-order valence-electron chi connectivity index (χ0n) is 14.6. The van der Waals surface area contributed by atoms with Crippen LogP contribution < -0.4 is 5.32 Å². The third-order valence-electron chi connectivity index (χ3n) is 4.57. The quantitative estimate of drug-likeness (QED) is 0.750. The molecule has 0 aliphatic heterocycles. The summed E-state index contributed by atoms with van der Waals surface area (Å²) in [6.07, 6.45) is 3.60. The predicted octanol–water partition coefficient (Wildman–Crippen LogP) is 3.24. The topological polar surface area (TPSA) is 78.3 Å². The van der Waals surface area contributed by atoms with Gasteiger partial charge in [-0.1, -0.05) is 18.8 Å². The lowest BCUT2D eigenvalue weighted by Crippen LogP contribution is -2.36. The Labute approximate surface area is 148 Å². The molecule has 1 aliphatic carbocycles. The van der Waals surface area contributed by atoms with Gasteiger partial charge in [-0.05, 0) is 56.5 Å². The van der Waals surface area contributed by atoms with Crippen molar-refractivity contribution in [1.29, 1.82) is 0 Å². The second-order valence-electron chi connectivity index (χ2n) is 6.47. The number of aromatic hydroxyl groups is 1. The molecule has 2 aromatic rings. The number of aliphatic hydroxyl groups excluding tert-OH is 1. The molecule has 25 heavy (non-hydrogen) atoms. The summed E-state index contributed by atoms with van der Waals surface area (Å²) in [5.41, 5.74) is 2.95. The van der Waals surface area contributed by atoms with Crippen LogP contribution in [0.2, 0.25) is 0 Å². The van der Waals surface area contributed by atoms with Crippen LogP contribution >= 0.6 is 0 Å². The molecule has 1 heterocycles. The van der Waals surface area contributed by atoms with Crippen LogP contribution in [0.25, 0.3) is 11.3 Å². The average Bonchev–Trinajstić information content (AvgIpc) is 2.58. The number of aryl methyl sites for hydroxylation is 1. The number of aliphatic hydroxyl groups is 1. The number of phenolic OH excluding ortho intramolecular Hbond substituents is 1. The van der Waals surface area contributed by atoms with Crippen LogP contribution in [0, 0.1) is 18.8 Å². The number of aromatic nitrogens is 2. The van der Waals surface area contributed by atoms with Crippen molar-refractivity contribution in [3.05, 3.63) is 35.4 Å². The number of benzene rings is 1. The molecule has 0 radical (unpaired) electrons. The Kier molecular flexibility index (Phi) is 5.20. The molecular formula is C20H23N3O2. The number of hydrogen-bond acceptors (Lipinski definition) is 5. The Morgan fingerprint density at radius 2 is 1.96 bits per heavy atom. The fourth-order valence-corrected chi connectivity index (χ4v) is 3.25. The summed E-state index contributed by atoms with van der Waals surface area (Å²) < 4.78 is 0. The predicted molar refractivity (Wildman–Crippen MR) is 98.3 cm³/mol. The molecule has 5 nitrogen and oxygen atoms in total. The van der Waals surface area contributed by atoms with Crippen molar-refractivity contribution in [3.63, 3.8) is 0 Å². The molecule has 1 aromatic heterocycles. The molecular weight excluding hydrogens is 314 g/mol. The molecule has 0 saturated heterocycles. The average molecular weight is 337 g/mol. The van der Waals surface area contributed by atoms with E-state index in [0.717, 1.165) is 36.8 Å². The first-order valence-electron chi connectivity index (χ1n) is 8.63. The SMILES string of the molecule is CC#Cc1ccc(-c2nnc(N[C@H]3CCCC[C@H]3O)cc2C)c(O)c1. The van der Waals surface area contributed by atoms with Gasteiger partial charge in [-0.15, -0.1) is 16.1 Å². The molecule has 5 heteroatoms. The first-order chi connectivity index (χ1) is 12.1. The van der Waals surface area contributed by atoms with Crippen molar-refractivity contribution in [2.45, 2.75) is 51.7 Å². The molecule has 1 fully saturated rings. The van der Waals surface area contributed by atoms with E-state index in [0.29, 0.717) is 17.1 Å². The van der Waals surface area contributed by atoms with Crippen molar-refractivity contribution < 1.29 is 10.2 Å². The molecule has 1 aromatic carbocycles. The second-order valence-corrected chi connectivity index (χ2v) is 6.47. The summed E-state index contributed by atoms with van der Waals surface area (Å²) >= 11 is 0. The maximum atomic E-state index is 10.3. The monoisotopic (exact) mass is 337 g/mol. The largest absolute Gasteiger partial charge is 0.507 e. The fraction of sp³-hybridized carbons (Fsp3) is 0.400. The lowest BCUT2D eigenvalue weighted by atomic mass is 9.92. The summed E-state index contributed by atoms with van der Waals surface area (Å²) in [6, 6.07) is 7.23. The van der Waals surface area contributed by atoms with Crippen molar-refractivity contribution in [1.82, 2.24) is 10.2 Å². The van der Waals surface area contributed by atoms with E-state index < -0.39 is 0 Å². The normalized spacial score (nSPS) is 19.8. The first-order valence-corrected chi connectivity index (χ1v) is 8.63. The standard InChI is InChI=1S/C20H23N3O2/c1-3-6-14-9-10-15(18(25)12-14)20-13(2)11-19(22-23-20)21-16-7-4-5-8-17(16)24/h9-12,16-17,24-25H,4-5,7-8H2,1-2H3,(H,21,22)/t16-,17+/m0/s1. The van der Waals surface area contributed by atoms with E-state index >= 15 is 0 Å². The second kappa shape index (κ2) is 7.54. The van der Waals surface area contributed by atoms with Crippen LogP contribution in [0.3, 0.4) is 0 Å². The highest BCUT2D eigenvalue weighted by molar-refractivity contribution is 5.71. The fourth-order valence-electron chi connectivity index (χ4n) is 3.25. The van der Waals surface area contributed by atoms with E-state index in [1.807, 2.05) is 25.1 Å². The number of nitrogens with zero attached hydrogens (tertiary/aromatic N) is 2. The minimum atomic E-state index is -0.341. The van der Waals surface area contributed by atoms with Gasteiger partial charge in [0.25, 0.3) is 0 Å². The zero-order chi connectivity index (χ0) is 17.8. The van der Waals surface area contributed by atoms with Crippen LogP contribution in [0.15, 0.2) is 24.3 Å². The van der Waals surface area contributed by atoms with Gasteiger partial charge in [0, 0.05) is 11.1 Å². The van der Waals surface area contributed by atoms with Crippen molar-refractivity contribution in [2.75, 3.05) is 5.32 Å². The molecule has 2 atom stereocenters. The van der Waals surface area contributed by atoms with E-state index in [-0.39, 0.29) is 17.9 Å². The smallest absolute Gasteiger partial charge is 0.149 e. The number of rotatable bonds is 3. The summed E-state index contributed by atoms with van der Waals surface area (Å²) in [5.74, 6) is 6.53. The van der Waals surface area contributed by atoms with Gasteiger partial charge in [-0.3, -0.25) is 0 Å². The lowest BCUT2D eigenvalue weighted by Gasteiger charge is -2.28. The molecule has 130 valence electrons. The van der Waals surface area contributed by atoms with Crippen molar-refractivity contribution in [2.24, 2.45) is 0 Å². The maximum absolute atomic E-state index is 10.3. The highest BCUT2D eigenvalue weighted by atomic mass is 16.3. The summed E-state index contributed by atoms with van der Waals surface area (Å²) in [6.45, 7) is 3.70. The summed E-state index contributed by atoms with van der Waals surface area (Å²) in [5, 5.41) is 32.2. The highest BCUT2D eigenvalue weighted by Crippen LogP contribution is 2.31. The minimum Gasteiger partial charge on any atom is -0.507 e. The van der Waals surface area contributed by atoms with Crippen LogP contribution in [-0.2, 0) is 0 Å². The van der Waals surface area contributed by atoms with E-state index in [2.05, 4.69) is 27.4 Å². The third kappa shape index (κ3) is 3.92. The van der Waals surface area contributed by atoms with E-state index in [4.69, 9.17) is 0 Å². The number of phenols is 1. The summed E-state index contributed by atoms with van der Waals surface area (Å²) in [4.78, 5) is 0. The van der Waals surface area contributed by atoms with Gasteiger partial charge in [0.1, 0.15) is 11.6 Å². The van der Waals surface area contributed by atoms with Crippen LogP contribution in [-0.4, -0.2) is 32.6 Å². The van der Waals surface area contributed by atoms with E-state index in [9.17, 15) is 10.2 Å². The van der Waals surface area contributed by atoms with Gasteiger partial charge >= 0.3 is 0 Å². The minimum absolute atomic E-state index is 0.0219. The number of anilines is 1. The van der Waals surface area contributed by atoms with Gasteiger partial charge in [-0.25, -0.2) is 0 Å². The lowest BCUT2D eigenvalue weighted by molar-refractivity contribution is 0.116. The van der Waals surface area contributed by atoms with Gasteiger partial charge in [0.2, 0.25) is 0 Å². The van der Waals surface area contributed by atoms with Crippen molar-refractivity contribution >= 4 is 5.82 Å². The van der Waals surface area contributed by atoms with Gasteiger partial charge < -0.3 is 15.5 Å².